The Hall–Kier alpha value is -2.49. The molecule has 0 heterocycles. The molecule has 2 N–H and O–H groups in total. The number of nitrogens with one attached hydrogen (secondary N) is 1. The molecule has 0 aliphatic carbocycles. The monoisotopic (exact) mass is 271 g/mol. The third-order valence-electron chi connectivity index (χ3n) is 2.81. The molecular formula is C16H17NO3. The highest BCUT2D eigenvalue weighted by molar-refractivity contribution is 5.81. The summed E-state index contributed by atoms with van der Waals surface area (Å²) in [5.74, 6) is -0.256. The molecule has 0 radical (unpaired) electrons. The maximum atomic E-state index is 12.1. The van der Waals surface area contributed by atoms with Gasteiger partial charge in [-0.3, -0.25) is 0 Å². The van der Waals surface area contributed by atoms with Gasteiger partial charge >= 0.3 is 5.97 Å². The van der Waals surface area contributed by atoms with Crippen molar-refractivity contribution in [1.29, 1.82) is 0 Å². The number of phenolic OH excluding ortho intramolecular Hbond substituents is 1. The van der Waals surface area contributed by atoms with Crippen LogP contribution in [0.3, 0.4) is 0 Å². The Morgan fingerprint density at radius 2 is 1.95 bits per heavy atom. The second-order valence-electron chi connectivity index (χ2n) is 4.29. The predicted octanol–water partition coefficient (Wildman–Crippen LogP) is 3.11. The van der Waals surface area contributed by atoms with Crippen LogP contribution >= 0.6 is 0 Å². The Bertz CT molecular complexity index is 569. The molecule has 0 saturated carbocycles. The maximum Gasteiger partial charge on any atom is 0.333 e. The van der Waals surface area contributed by atoms with Crippen molar-refractivity contribution < 1.29 is 14.6 Å². The van der Waals surface area contributed by atoms with E-state index in [1.807, 2.05) is 30.3 Å². The number of hydrogen-bond acceptors (Lipinski definition) is 4. The van der Waals surface area contributed by atoms with Crippen LogP contribution in [0.25, 0.3) is 0 Å². The van der Waals surface area contributed by atoms with Crippen LogP contribution < -0.4 is 5.32 Å². The first-order valence-corrected chi connectivity index (χ1v) is 6.48. The normalized spacial score (nSPS) is 11.7. The van der Waals surface area contributed by atoms with Crippen LogP contribution in [0.5, 0.6) is 5.75 Å². The summed E-state index contributed by atoms with van der Waals surface area (Å²) in [4.78, 5) is 12.1. The zero-order chi connectivity index (χ0) is 14.4. The fourth-order valence-corrected chi connectivity index (χ4v) is 1.91. The highest BCUT2D eigenvalue weighted by Gasteiger charge is 2.22. The molecular weight excluding hydrogens is 254 g/mol. The number of aromatic hydroxyl groups is 1. The van der Waals surface area contributed by atoms with E-state index in [4.69, 9.17) is 4.74 Å². The first kappa shape index (κ1) is 13.9. The van der Waals surface area contributed by atoms with Crippen LogP contribution in [0.2, 0.25) is 0 Å². The average molecular weight is 271 g/mol. The lowest BCUT2D eigenvalue weighted by Gasteiger charge is -2.19. The molecule has 2 rings (SSSR count). The first-order valence-electron chi connectivity index (χ1n) is 6.48. The molecule has 0 amide bonds. The lowest BCUT2D eigenvalue weighted by molar-refractivity contribution is -0.144. The summed E-state index contributed by atoms with van der Waals surface area (Å²) in [6, 6.07) is 15.3. The van der Waals surface area contributed by atoms with Crippen LogP contribution in [0, 0.1) is 0 Å². The maximum absolute atomic E-state index is 12.1. The van der Waals surface area contributed by atoms with Crippen molar-refractivity contribution >= 4 is 11.7 Å². The number of rotatable bonds is 5. The molecule has 0 saturated heterocycles. The van der Waals surface area contributed by atoms with Gasteiger partial charge in [0.1, 0.15) is 5.75 Å². The highest BCUT2D eigenvalue weighted by atomic mass is 16.5. The van der Waals surface area contributed by atoms with Crippen molar-refractivity contribution in [3.63, 3.8) is 0 Å². The number of para-hydroxylation sites is 1. The van der Waals surface area contributed by atoms with E-state index >= 15 is 0 Å². The number of hydrogen-bond donors (Lipinski definition) is 2. The lowest BCUT2D eigenvalue weighted by Crippen LogP contribution is -2.23. The first-order chi connectivity index (χ1) is 9.70. The van der Waals surface area contributed by atoms with Gasteiger partial charge in [-0.05, 0) is 36.8 Å². The minimum absolute atomic E-state index is 0.117. The minimum atomic E-state index is -0.649. The quantitative estimate of drug-likeness (QED) is 0.820. The van der Waals surface area contributed by atoms with Gasteiger partial charge in [-0.25, -0.2) is 4.79 Å². The topological polar surface area (TPSA) is 58.6 Å². The molecule has 0 bridgehead atoms. The number of carbonyl (C=O) groups is 1. The van der Waals surface area contributed by atoms with Gasteiger partial charge in [0.25, 0.3) is 0 Å². The summed E-state index contributed by atoms with van der Waals surface area (Å²) in [5.41, 5.74) is 1.47. The van der Waals surface area contributed by atoms with Gasteiger partial charge in [-0.1, -0.05) is 30.3 Å². The SMILES string of the molecule is CCOC(=O)C(Nc1ccccc1)c1cccc(O)c1. The second-order valence-corrected chi connectivity index (χ2v) is 4.29. The second kappa shape index (κ2) is 6.61. The summed E-state index contributed by atoms with van der Waals surface area (Å²) < 4.78 is 5.09. The van der Waals surface area contributed by atoms with Crippen molar-refractivity contribution in [2.24, 2.45) is 0 Å². The third-order valence-corrected chi connectivity index (χ3v) is 2.81. The molecule has 0 spiro atoms. The van der Waals surface area contributed by atoms with Crippen LogP contribution in [0.1, 0.15) is 18.5 Å². The molecule has 1 atom stereocenters. The van der Waals surface area contributed by atoms with Gasteiger partial charge in [0.2, 0.25) is 0 Å². The van der Waals surface area contributed by atoms with E-state index in [0.29, 0.717) is 12.2 Å². The van der Waals surface area contributed by atoms with Gasteiger partial charge in [0, 0.05) is 5.69 Å². The number of carbonyl (C=O) groups excluding carboxylic acids is 1. The molecule has 4 heteroatoms. The zero-order valence-electron chi connectivity index (χ0n) is 11.2. The van der Waals surface area contributed by atoms with Crippen molar-refractivity contribution in [3.05, 3.63) is 60.2 Å². The Morgan fingerprint density at radius 1 is 1.20 bits per heavy atom. The number of phenols is 1. The summed E-state index contributed by atoms with van der Waals surface area (Å²) in [6.45, 7) is 2.07. The Balaban J connectivity index is 2.27. The molecule has 2 aromatic rings. The molecule has 2 aromatic carbocycles. The standard InChI is InChI=1S/C16H17NO3/c1-2-20-16(19)15(12-7-6-10-14(18)11-12)17-13-8-4-3-5-9-13/h3-11,15,17-18H,2H2,1H3. The molecule has 0 aliphatic heterocycles. The van der Waals surface area contributed by atoms with E-state index in [-0.39, 0.29) is 11.7 Å². The number of benzene rings is 2. The number of anilines is 1. The minimum Gasteiger partial charge on any atom is -0.508 e. The van der Waals surface area contributed by atoms with Gasteiger partial charge in [0.15, 0.2) is 6.04 Å². The van der Waals surface area contributed by atoms with Crippen molar-refractivity contribution in [3.8, 4) is 5.75 Å². The van der Waals surface area contributed by atoms with E-state index in [1.165, 1.54) is 0 Å². The molecule has 20 heavy (non-hydrogen) atoms. The Morgan fingerprint density at radius 3 is 2.60 bits per heavy atom. The lowest BCUT2D eigenvalue weighted by atomic mass is 10.1. The predicted molar refractivity (Wildman–Crippen MR) is 77.5 cm³/mol. The van der Waals surface area contributed by atoms with Gasteiger partial charge in [-0.15, -0.1) is 0 Å². The van der Waals surface area contributed by atoms with Crippen LogP contribution in [0.15, 0.2) is 54.6 Å². The highest BCUT2D eigenvalue weighted by Crippen LogP contribution is 2.23. The molecule has 0 aromatic heterocycles. The van der Waals surface area contributed by atoms with E-state index in [9.17, 15) is 9.90 Å². The van der Waals surface area contributed by atoms with Crippen molar-refractivity contribution in [1.82, 2.24) is 0 Å². The van der Waals surface area contributed by atoms with Crippen LogP contribution in [-0.4, -0.2) is 17.7 Å². The zero-order valence-corrected chi connectivity index (χ0v) is 11.2. The van der Waals surface area contributed by atoms with Crippen molar-refractivity contribution in [2.75, 3.05) is 11.9 Å². The van der Waals surface area contributed by atoms with E-state index < -0.39 is 6.04 Å². The fourth-order valence-electron chi connectivity index (χ4n) is 1.91. The molecule has 104 valence electrons. The third kappa shape index (κ3) is 3.51. The smallest absolute Gasteiger partial charge is 0.333 e. The molecule has 0 aliphatic rings. The molecule has 1 unspecified atom stereocenters. The van der Waals surface area contributed by atoms with E-state index in [2.05, 4.69) is 5.32 Å². The Labute approximate surface area is 118 Å². The van der Waals surface area contributed by atoms with E-state index in [1.54, 1.807) is 31.2 Å². The summed E-state index contributed by atoms with van der Waals surface area (Å²) >= 11 is 0. The summed E-state index contributed by atoms with van der Waals surface area (Å²) in [5, 5.41) is 12.7. The Kier molecular flexibility index (Phi) is 4.60. The molecule has 0 fully saturated rings. The molecule has 4 nitrogen and oxygen atoms in total. The summed E-state index contributed by atoms with van der Waals surface area (Å²) in [6.07, 6.45) is 0. The summed E-state index contributed by atoms with van der Waals surface area (Å²) in [7, 11) is 0. The fraction of sp³-hybridized carbons (Fsp3) is 0.188. The average Bonchev–Trinajstić information content (AvgIpc) is 2.46. The van der Waals surface area contributed by atoms with Gasteiger partial charge < -0.3 is 15.2 Å². The van der Waals surface area contributed by atoms with Gasteiger partial charge in [-0.2, -0.15) is 0 Å². The van der Waals surface area contributed by atoms with E-state index in [0.717, 1.165) is 5.69 Å². The number of ether oxygens (including phenoxy) is 1. The van der Waals surface area contributed by atoms with Crippen molar-refractivity contribution in [2.45, 2.75) is 13.0 Å². The van der Waals surface area contributed by atoms with Gasteiger partial charge in [0.05, 0.1) is 6.61 Å². The van der Waals surface area contributed by atoms with Crippen LogP contribution in [-0.2, 0) is 9.53 Å². The largest absolute Gasteiger partial charge is 0.508 e. The number of esters is 1. The van der Waals surface area contributed by atoms with Crippen LogP contribution in [0.4, 0.5) is 5.69 Å².